The van der Waals surface area contributed by atoms with Gasteiger partial charge in [0.15, 0.2) is 5.76 Å². The van der Waals surface area contributed by atoms with E-state index in [0.717, 1.165) is 6.42 Å². The van der Waals surface area contributed by atoms with Gasteiger partial charge in [0.25, 0.3) is 5.91 Å². The lowest BCUT2D eigenvalue weighted by Gasteiger charge is -2.11. The van der Waals surface area contributed by atoms with E-state index in [1.807, 2.05) is 6.92 Å². The number of benzene rings is 1. The first-order chi connectivity index (χ1) is 10.6. The summed E-state index contributed by atoms with van der Waals surface area (Å²) in [5, 5.41) is 5.44. The minimum absolute atomic E-state index is 0.214. The fourth-order valence-electron chi connectivity index (χ4n) is 1.91. The third kappa shape index (κ3) is 4.20. The number of hydrogen-bond acceptors (Lipinski definition) is 4. The monoisotopic (exact) mass is 301 g/mol. The molecule has 4 N–H and O–H groups in total. The number of carbonyl (C=O) groups is 2. The minimum Gasteiger partial charge on any atom is -0.459 e. The number of anilines is 2. The maximum Gasteiger partial charge on any atom is 0.291 e. The standard InChI is InChI=1S/C16H19N3O3/c1-2-4-13(17)15(20)18-11-6-8-12(9-7-11)19-16(21)14-5-3-10-22-14/h3,5-10,13H,2,4,17H2,1H3,(H,18,20)(H,19,21). The molecule has 1 aromatic heterocycles. The second-order valence-corrected chi connectivity index (χ2v) is 4.89. The molecule has 0 saturated carbocycles. The van der Waals surface area contributed by atoms with E-state index >= 15 is 0 Å². The van der Waals surface area contributed by atoms with Gasteiger partial charge in [0.2, 0.25) is 5.91 Å². The second kappa shape index (κ2) is 7.42. The zero-order valence-corrected chi connectivity index (χ0v) is 12.3. The number of rotatable bonds is 6. The summed E-state index contributed by atoms with van der Waals surface area (Å²) >= 11 is 0. The van der Waals surface area contributed by atoms with E-state index in [9.17, 15) is 9.59 Å². The third-order valence-corrected chi connectivity index (χ3v) is 3.09. The third-order valence-electron chi connectivity index (χ3n) is 3.09. The molecular weight excluding hydrogens is 282 g/mol. The Kier molecular flexibility index (Phi) is 5.32. The van der Waals surface area contributed by atoms with Crippen molar-refractivity contribution >= 4 is 23.2 Å². The molecule has 0 aliphatic carbocycles. The summed E-state index contributed by atoms with van der Waals surface area (Å²) in [7, 11) is 0. The molecule has 0 radical (unpaired) electrons. The fraction of sp³-hybridized carbons (Fsp3) is 0.250. The van der Waals surface area contributed by atoms with E-state index in [2.05, 4.69) is 10.6 Å². The van der Waals surface area contributed by atoms with Crippen molar-refractivity contribution in [3.8, 4) is 0 Å². The lowest BCUT2D eigenvalue weighted by Crippen LogP contribution is -2.35. The van der Waals surface area contributed by atoms with Crippen molar-refractivity contribution in [3.05, 3.63) is 48.4 Å². The number of furan rings is 1. The Morgan fingerprint density at radius 3 is 2.32 bits per heavy atom. The van der Waals surface area contributed by atoms with Crippen molar-refractivity contribution < 1.29 is 14.0 Å². The summed E-state index contributed by atoms with van der Waals surface area (Å²) in [4.78, 5) is 23.6. The van der Waals surface area contributed by atoms with Crippen LogP contribution in [0.15, 0.2) is 47.1 Å². The molecule has 6 nitrogen and oxygen atoms in total. The summed E-state index contributed by atoms with van der Waals surface area (Å²) in [6.07, 6.45) is 2.93. The van der Waals surface area contributed by atoms with Crippen LogP contribution in [0, 0.1) is 0 Å². The van der Waals surface area contributed by atoms with Crippen molar-refractivity contribution in [2.24, 2.45) is 5.73 Å². The predicted molar refractivity (Wildman–Crippen MR) is 84.6 cm³/mol. The first-order valence-corrected chi connectivity index (χ1v) is 7.11. The van der Waals surface area contributed by atoms with Crippen LogP contribution >= 0.6 is 0 Å². The van der Waals surface area contributed by atoms with Gasteiger partial charge in [-0.1, -0.05) is 13.3 Å². The highest BCUT2D eigenvalue weighted by Crippen LogP contribution is 2.15. The van der Waals surface area contributed by atoms with Gasteiger partial charge in [-0.05, 0) is 42.8 Å². The van der Waals surface area contributed by atoms with E-state index < -0.39 is 6.04 Å². The summed E-state index contributed by atoms with van der Waals surface area (Å²) in [6, 6.07) is 9.52. The van der Waals surface area contributed by atoms with Crippen LogP contribution in [-0.2, 0) is 4.79 Å². The Labute approximate surface area is 128 Å². The van der Waals surface area contributed by atoms with Gasteiger partial charge in [0, 0.05) is 11.4 Å². The van der Waals surface area contributed by atoms with Crippen LogP contribution in [0.1, 0.15) is 30.3 Å². The lowest BCUT2D eigenvalue weighted by molar-refractivity contribution is -0.117. The van der Waals surface area contributed by atoms with Crippen molar-refractivity contribution in [2.75, 3.05) is 10.6 Å². The Balaban J connectivity index is 1.93. The van der Waals surface area contributed by atoms with Crippen molar-refractivity contribution in [1.29, 1.82) is 0 Å². The molecule has 2 aromatic rings. The van der Waals surface area contributed by atoms with Crippen molar-refractivity contribution in [2.45, 2.75) is 25.8 Å². The van der Waals surface area contributed by atoms with Crippen LogP contribution in [0.2, 0.25) is 0 Å². The molecule has 116 valence electrons. The first kappa shape index (κ1) is 15.8. The van der Waals surface area contributed by atoms with Gasteiger partial charge >= 0.3 is 0 Å². The van der Waals surface area contributed by atoms with Gasteiger partial charge in [-0.15, -0.1) is 0 Å². The van der Waals surface area contributed by atoms with Crippen molar-refractivity contribution in [1.82, 2.24) is 0 Å². The Morgan fingerprint density at radius 2 is 1.77 bits per heavy atom. The maximum atomic E-state index is 11.8. The molecule has 0 saturated heterocycles. The van der Waals surface area contributed by atoms with Gasteiger partial charge in [-0.25, -0.2) is 0 Å². The van der Waals surface area contributed by atoms with Crippen LogP contribution in [0.25, 0.3) is 0 Å². The highest BCUT2D eigenvalue weighted by atomic mass is 16.3. The normalized spacial score (nSPS) is 11.7. The molecule has 1 heterocycles. The molecule has 2 rings (SSSR count). The molecule has 0 bridgehead atoms. The number of nitrogens with two attached hydrogens (primary N) is 1. The number of nitrogens with one attached hydrogen (secondary N) is 2. The van der Waals surface area contributed by atoms with E-state index in [1.54, 1.807) is 36.4 Å². The summed E-state index contributed by atoms with van der Waals surface area (Å²) in [5.41, 5.74) is 6.99. The molecule has 1 aromatic carbocycles. The quantitative estimate of drug-likeness (QED) is 0.764. The van der Waals surface area contributed by atoms with Gasteiger partial charge < -0.3 is 20.8 Å². The number of hydrogen-bond donors (Lipinski definition) is 3. The molecule has 0 spiro atoms. The summed E-state index contributed by atoms with van der Waals surface area (Å²) in [6.45, 7) is 1.98. The van der Waals surface area contributed by atoms with E-state index in [-0.39, 0.29) is 17.6 Å². The largest absolute Gasteiger partial charge is 0.459 e. The Morgan fingerprint density at radius 1 is 1.14 bits per heavy atom. The molecule has 2 amide bonds. The first-order valence-electron chi connectivity index (χ1n) is 7.11. The molecular formula is C16H19N3O3. The van der Waals surface area contributed by atoms with Gasteiger partial charge in [0.05, 0.1) is 12.3 Å². The van der Waals surface area contributed by atoms with Gasteiger partial charge in [-0.3, -0.25) is 9.59 Å². The predicted octanol–water partition coefficient (Wildman–Crippen LogP) is 2.60. The zero-order valence-electron chi connectivity index (χ0n) is 12.3. The number of amides is 2. The minimum atomic E-state index is -0.511. The maximum absolute atomic E-state index is 11.8. The lowest BCUT2D eigenvalue weighted by atomic mass is 10.1. The Hall–Kier alpha value is -2.60. The average molecular weight is 301 g/mol. The molecule has 1 atom stereocenters. The molecule has 0 fully saturated rings. The van der Waals surface area contributed by atoms with Crippen molar-refractivity contribution in [3.63, 3.8) is 0 Å². The fourth-order valence-corrected chi connectivity index (χ4v) is 1.91. The summed E-state index contributed by atoms with van der Waals surface area (Å²) in [5.74, 6) is -0.302. The highest BCUT2D eigenvalue weighted by Gasteiger charge is 2.12. The van der Waals surface area contributed by atoms with Gasteiger partial charge in [0.1, 0.15) is 0 Å². The number of carbonyl (C=O) groups excluding carboxylic acids is 2. The summed E-state index contributed by atoms with van der Waals surface area (Å²) < 4.78 is 5.01. The molecule has 22 heavy (non-hydrogen) atoms. The van der Waals surface area contributed by atoms with E-state index in [0.29, 0.717) is 17.8 Å². The van der Waals surface area contributed by atoms with Gasteiger partial charge in [-0.2, -0.15) is 0 Å². The molecule has 1 unspecified atom stereocenters. The Bertz CT molecular complexity index is 621. The van der Waals surface area contributed by atoms with Crippen LogP contribution in [-0.4, -0.2) is 17.9 Å². The van der Waals surface area contributed by atoms with Crippen LogP contribution in [0.4, 0.5) is 11.4 Å². The SMILES string of the molecule is CCCC(N)C(=O)Nc1ccc(NC(=O)c2ccco2)cc1. The van der Waals surface area contributed by atoms with Crippen LogP contribution in [0.5, 0.6) is 0 Å². The topological polar surface area (TPSA) is 97.4 Å². The highest BCUT2D eigenvalue weighted by molar-refractivity contribution is 6.02. The second-order valence-electron chi connectivity index (χ2n) is 4.89. The van der Waals surface area contributed by atoms with E-state index in [1.165, 1.54) is 6.26 Å². The molecule has 0 aliphatic rings. The molecule has 0 aliphatic heterocycles. The smallest absolute Gasteiger partial charge is 0.291 e. The van der Waals surface area contributed by atoms with E-state index in [4.69, 9.17) is 10.2 Å². The van der Waals surface area contributed by atoms with Crippen LogP contribution in [0.3, 0.4) is 0 Å². The molecule has 6 heteroatoms. The zero-order chi connectivity index (χ0) is 15.9. The van der Waals surface area contributed by atoms with Crippen LogP contribution < -0.4 is 16.4 Å². The average Bonchev–Trinajstić information content (AvgIpc) is 3.04.